The monoisotopic (exact) mass is 806 g/mol. The summed E-state index contributed by atoms with van der Waals surface area (Å²) in [6, 6.07) is 19.0. The molecule has 302 valence electrons. The molecule has 2 saturated heterocycles. The van der Waals surface area contributed by atoms with Crippen LogP contribution in [0.1, 0.15) is 96.4 Å². The van der Waals surface area contributed by atoms with Gasteiger partial charge in [0.25, 0.3) is 17.7 Å². The zero-order chi connectivity index (χ0) is 41.1. The van der Waals surface area contributed by atoms with Crippen LogP contribution in [0.4, 0.5) is 5.69 Å². The van der Waals surface area contributed by atoms with Crippen molar-refractivity contribution in [3.05, 3.63) is 87.9 Å². The van der Waals surface area contributed by atoms with Gasteiger partial charge in [0.2, 0.25) is 11.8 Å². The van der Waals surface area contributed by atoms with Crippen LogP contribution in [0.2, 0.25) is 5.02 Å². The van der Waals surface area contributed by atoms with Gasteiger partial charge in [0.15, 0.2) is 0 Å². The Morgan fingerprint density at radius 3 is 2.19 bits per heavy atom. The molecule has 58 heavy (non-hydrogen) atoms. The van der Waals surface area contributed by atoms with E-state index < -0.39 is 29.7 Å². The van der Waals surface area contributed by atoms with Crippen molar-refractivity contribution in [2.24, 2.45) is 10.8 Å². The van der Waals surface area contributed by atoms with Gasteiger partial charge in [-0.2, -0.15) is 5.26 Å². The van der Waals surface area contributed by atoms with Crippen molar-refractivity contribution < 1.29 is 33.4 Å². The maximum Gasteiger partial charge on any atom is 0.262 e. The molecule has 3 aliphatic heterocycles. The largest absolute Gasteiger partial charge is 0.490 e. The molecule has 14 heteroatoms. The minimum absolute atomic E-state index is 0.0330. The lowest BCUT2D eigenvalue weighted by Crippen LogP contribution is -2.74. The van der Waals surface area contributed by atoms with Crippen molar-refractivity contribution in [1.82, 2.24) is 20.4 Å². The average Bonchev–Trinajstić information content (AvgIpc) is 3.77. The summed E-state index contributed by atoms with van der Waals surface area (Å²) in [6.07, 6.45) is 2.67. The molecule has 2 aliphatic carbocycles. The Labute approximate surface area is 342 Å². The van der Waals surface area contributed by atoms with Crippen LogP contribution in [0, 0.1) is 22.2 Å². The van der Waals surface area contributed by atoms with Crippen LogP contribution in [0.15, 0.2) is 60.7 Å². The summed E-state index contributed by atoms with van der Waals surface area (Å²) in [4.78, 5) is 69.7. The number of benzene rings is 3. The first-order valence-corrected chi connectivity index (χ1v) is 20.3. The topological polar surface area (TPSA) is 161 Å². The van der Waals surface area contributed by atoms with E-state index in [0.29, 0.717) is 33.7 Å². The van der Waals surface area contributed by atoms with Crippen LogP contribution in [-0.2, 0) is 9.59 Å². The number of carbonyl (C=O) groups excluding carboxylic acids is 5. The molecule has 3 atom stereocenters. The van der Waals surface area contributed by atoms with Crippen molar-refractivity contribution in [2.75, 3.05) is 31.1 Å². The molecule has 0 bridgehead atoms. The van der Waals surface area contributed by atoms with Gasteiger partial charge in [0.05, 0.1) is 21.7 Å². The van der Waals surface area contributed by atoms with Gasteiger partial charge in [-0.3, -0.25) is 39.1 Å². The second kappa shape index (κ2) is 15.1. The van der Waals surface area contributed by atoms with Crippen LogP contribution in [0.5, 0.6) is 11.5 Å². The van der Waals surface area contributed by atoms with Crippen molar-refractivity contribution in [2.45, 2.75) is 90.1 Å². The minimum Gasteiger partial charge on any atom is -0.490 e. The summed E-state index contributed by atoms with van der Waals surface area (Å²) in [5, 5.41) is 15.1. The molecule has 3 heterocycles. The lowest BCUT2D eigenvalue weighted by atomic mass is 9.49. The number of piperidine rings is 1. The third-order valence-electron chi connectivity index (χ3n) is 12.8. The van der Waals surface area contributed by atoms with Crippen molar-refractivity contribution >= 4 is 46.8 Å². The number of nitrogens with zero attached hydrogens (tertiary/aromatic N) is 4. The number of nitriles is 1. The molecule has 3 aromatic rings. The second-order valence-electron chi connectivity index (χ2n) is 17.2. The molecule has 0 spiro atoms. The Morgan fingerprint density at radius 2 is 1.52 bits per heavy atom. The van der Waals surface area contributed by atoms with Gasteiger partial charge >= 0.3 is 0 Å². The highest BCUT2D eigenvalue weighted by atomic mass is 35.5. The van der Waals surface area contributed by atoms with Gasteiger partial charge in [-0.15, -0.1) is 0 Å². The molecule has 13 nitrogen and oxygen atoms in total. The van der Waals surface area contributed by atoms with E-state index in [0.717, 1.165) is 56.0 Å². The van der Waals surface area contributed by atoms with Crippen LogP contribution in [-0.4, -0.2) is 95.8 Å². The number of fused-ring (bicyclic) bond motifs is 1. The molecule has 3 aromatic carbocycles. The summed E-state index contributed by atoms with van der Waals surface area (Å²) in [6.45, 7) is 11.9. The molecule has 0 radical (unpaired) electrons. The fourth-order valence-corrected chi connectivity index (χ4v) is 10.3. The molecule has 0 aromatic heterocycles. The summed E-state index contributed by atoms with van der Waals surface area (Å²) < 4.78 is 12.7. The van der Waals surface area contributed by atoms with E-state index in [1.165, 1.54) is 0 Å². The van der Waals surface area contributed by atoms with E-state index in [1.807, 2.05) is 24.3 Å². The van der Waals surface area contributed by atoms with Crippen molar-refractivity contribution in [3.63, 3.8) is 0 Å². The van der Waals surface area contributed by atoms with Gasteiger partial charge < -0.3 is 19.7 Å². The highest BCUT2D eigenvalue weighted by Gasteiger charge is 2.64. The Kier molecular flexibility index (Phi) is 10.2. The molecular formula is C44H47ClN6O7. The first-order valence-electron chi connectivity index (χ1n) is 19.9. The standard InChI is InChI=1S/C44H47ClN6O7/c1-43(2)41(44(3,4)42(43)58-31-11-7-26(24-46)34(45)23-31)48-37(53)25-5-8-27(9-6-25)49-17-19-50(20-18-49)28-10-12-29(21-28)57-30-13-14-32-33(22-30)40(56)51(39(32)55)35-15-16-36(52)47-38(35)54/h5-9,11,13-14,22-23,28-29,35,41-42H,10,12,15-21H2,1-4H3,(H,48,53)(H,47,52,54)/t28-,29-,35?,41-,42-/m1/s1. The number of carbonyl (C=O) groups is 5. The van der Waals surface area contributed by atoms with E-state index in [4.69, 9.17) is 21.1 Å². The predicted molar refractivity (Wildman–Crippen MR) is 215 cm³/mol. The number of hydrogen-bond donors (Lipinski definition) is 2. The summed E-state index contributed by atoms with van der Waals surface area (Å²) in [5.41, 5.74) is 1.78. The fraction of sp³-hybridized carbons (Fsp3) is 0.455. The zero-order valence-corrected chi connectivity index (χ0v) is 33.8. The number of hydrogen-bond acceptors (Lipinski definition) is 10. The van der Waals surface area contributed by atoms with E-state index in [9.17, 15) is 29.2 Å². The van der Waals surface area contributed by atoms with Crippen LogP contribution < -0.4 is 25.0 Å². The molecule has 5 amide bonds. The summed E-state index contributed by atoms with van der Waals surface area (Å²) >= 11 is 6.25. The summed E-state index contributed by atoms with van der Waals surface area (Å²) in [7, 11) is 0. The Balaban J connectivity index is 0.810. The molecular weight excluding hydrogens is 760 g/mol. The summed E-state index contributed by atoms with van der Waals surface area (Å²) in [5.74, 6) is -1.15. The van der Waals surface area contributed by atoms with Crippen molar-refractivity contribution in [1.29, 1.82) is 5.26 Å². The Bertz CT molecular complexity index is 2210. The highest BCUT2D eigenvalue weighted by molar-refractivity contribution is 6.31. The van der Waals surface area contributed by atoms with Gasteiger partial charge in [-0.05, 0) is 80.3 Å². The van der Waals surface area contributed by atoms with Gasteiger partial charge in [0.1, 0.15) is 35.8 Å². The predicted octanol–water partition coefficient (Wildman–Crippen LogP) is 5.35. The van der Waals surface area contributed by atoms with E-state index in [2.05, 4.69) is 54.2 Å². The number of amides is 5. The smallest absolute Gasteiger partial charge is 0.262 e. The van der Waals surface area contributed by atoms with Gasteiger partial charge in [-0.1, -0.05) is 39.3 Å². The quantitative estimate of drug-likeness (QED) is 0.270. The van der Waals surface area contributed by atoms with Crippen LogP contribution in [0.3, 0.4) is 0 Å². The minimum atomic E-state index is -1.01. The number of halogens is 1. The molecule has 1 unspecified atom stereocenters. The number of rotatable bonds is 9. The molecule has 5 aliphatic rings. The second-order valence-corrected chi connectivity index (χ2v) is 17.6. The third-order valence-corrected chi connectivity index (χ3v) is 13.1. The van der Waals surface area contributed by atoms with Crippen molar-refractivity contribution in [3.8, 4) is 17.6 Å². The maximum absolute atomic E-state index is 13.5. The van der Waals surface area contributed by atoms with Crippen LogP contribution >= 0.6 is 11.6 Å². The Hall–Kier alpha value is -5.45. The fourth-order valence-electron chi connectivity index (χ4n) is 10.1. The van der Waals surface area contributed by atoms with Crippen LogP contribution in [0.25, 0.3) is 0 Å². The first-order chi connectivity index (χ1) is 27.6. The van der Waals surface area contributed by atoms with E-state index in [1.54, 1.807) is 36.4 Å². The normalized spacial score (nSPS) is 26.4. The number of piperazine rings is 1. The third kappa shape index (κ3) is 7.06. The lowest BCUT2D eigenvalue weighted by molar-refractivity contribution is -0.164. The number of anilines is 1. The van der Waals surface area contributed by atoms with E-state index >= 15 is 0 Å². The average molecular weight is 807 g/mol. The van der Waals surface area contributed by atoms with Gasteiger partial charge in [0, 0.05) is 72.8 Å². The van der Waals surface area contributed by atoms with E-state index in [-0.39, 0.29) is 59.0 Å². The lowest BCUT2D eigenvalue weighted by Gasteiger charge is -2.63. The van der Waals surface area contributed by atoms with Gasteiger partial charge in [-0.25, -0.2) is 0 Å². The number of imide groups is 2. The SMILES string of the molecule is CC1(C)[C@H](NC(=O)c2ccc(N3CCN([C@@H]4CC[C@@H](Oc5ccc6c(c5)C(=O)N(C5CCC(=O)NC5=O)C6=O)C4)CC3)cc2)C(C)(C)[C@H]1Oc1ccc(C#N)c(Cl)c1. The maximum atomic E-state index is 13.5. The number of ether oxygens (including phenoxy) is 2. The highest BCUT2D eigenvalue weighted by Crippen LogP contribution is 2.55. The Morgan fingerprint density at radius 1 is 0.845 bits per heavy atom. The first kappa shape index (κ1) is 39.4. The molecule has 8 rings (SSSR count). The molecule has 4 fully saturated rings. The number of nitrogens with one attached hydrogen (secondary N) is 2. The molecule has 2 saturated carbocycles. The zero-order valence-electron chi connectivity index (χ0n) is 33.0. The molecule has 2 N–H and O–H groups in total.